The maximum absolute atomic E-state index is 10.8. The molecule has 1 aliphatic carbocycles. The van der Waals surface area contributed by atoms with Crippen molar-refractivity contribution in [2.75, 3.05) is 0 Å². The molecule has 0 amide bonds. The second-order valence-electron chi connectivity index (χ2n) is 5.94. The van der Waals surface area contributed by atoms with Crippen LogP contribution in [0.2, 0.25) is 0 Å². The van der Waals surface area contributed by atoms with Crippen LogP contribution in [0, 0.1) is 0 Å². The van der Waals surface area contributed by atoms with Gasteiger partial charge in [-0.1, -0.05) is 30.3 Å². The second kappa shape index (κ2) is 5.76. The molecule has 2 heteroatoms. The number of pyridine rings is 1. The third-order valence-electron chi connectivity index (χ3n) is 4.47. The lowest BCUT2D eigenvalue weighted by Crippen LogP contribution is -2.35. The SMILES string of the molecule is OC1(Cc2ccncc2)CCC(c2ccccc2)CC1. The summed E-state index contributed by atoms with van der Waals surface area (Å²) in [5.41, 5.74) is 2.06. The summed E-state index contributed by atoms with van der Waals surface area (Å²) in [5, 5.41) is 10.8. The van der Waals surface area contributed by atoms with Gasteiger partial charge in [0, 0.05) is 18.8 Å². The first kappa shape index (κ1) is 13.3. The third kappa shape index (κ3) is 3.07. The number of hydrogen-bond acceptors (Lipinski definition) is 2. The molecule has 1 saturated carbocycles. The largest absolute Gasteiger partial charge is 0.390 e. The van der Waals surface area contributed by atoms with Crippen molar-refractivity contribution in [3.8, 4) is 0 Å². The van der Waals surface area contributed by atoms with E-state index in [-0.39, 0.29) is 0 Å². The fraction of sp³-hybridized carbons (Fsp3) is 0.389. The molecule has 104 valence electrons. The lowest BCUT2D eigenvalue weighted by molar-refractivity contribution is -0.000468. The molecule has 1 N–H and O–H groups in total. The summed E-state index contributed by atoms with van der Waals surface area (Å²) < 4.78 is 0. The zero-order chi connectivity index (χ0) is 13.8. The third-order valence-corrected chi connectivity index (χ3v) is 4.47. The van der Waals surface area contributed by atoms with Gasteiger partial charge in [-0.25, -0.2) is 0 Å². The highest BCUT2D eigenvalue weighted by Gasteiger charge is 2.33. The predicted octanol–water partition coefficient (Wildman–Crippen LogP) is 3.71. The molecule has 0 spiro atoms. The highest BCUT2D eigenvalue weighted by molar-refractivity contribution is 5.21. The summed E-state index contributed by atoms with van der Waals surface area (Å²) in [6.45, 7) is 0. The van der Waals surface area contributed by atoms with Crippen molar-refractivity contribution in [3.05, 3.63) is 66.0 Å². The van der Waals surface area contributed by atoms with Crippen LogP contribution < -0.4 is 0 Å². The Kier molecular flexibility index (Phi) is 3.83. The molecule has 0 saturated heterocycles. The molecule has 0 atom stereocenters. The fourth-order valence-electron chi connectivity index (χ4n) is 3.27. The Morgan fingerprint density at radius 1 is 1.00 bits per heavy atom. The molecule has 20 heavy (non-hydrogen) atoms. The maximum atomic E-state index is 10.8. The molecule has 0 radical (unpaired) electrons. The van der Waals surface area contributed by atoms with E-state index in [4.69, 9.17) is 0 Å². The van der Waals surface area contributed by atoms with E-state index in [2.05, 4.69) is 35.3 Å². The van der Waals surface area contributed by atoms with E-state index < -0.39 is 5.60 Å². The van der Waals surface area contributed by atoms with Gasteiger partial charge in [-0.05, 0) is 54.9 Å². The molecule has 1 aromatic heterocycles. The number of aromatic nitrogens is 1. The Labute approximate surface area is 120 Å². The first-order chi connectivity index (χ1) is 9.75. The molecule has 1 aromatic carbocycles. The van der Waals surface area contributed by atoms with Crippen LogP contribution in [0.3, 0.4) is 0 Å². The average Bonchev–Trinajstić information content (AvgIpc) is 2.50. The van der Waals surface area contributed by atoms with Gasteiger partial charge < -0.3 is 5.11 Å². The van der Waals surface area contributed by atoms with Crippen molar-refractivity contribution in [2.45, 2.75) is 43.6 Å². The summed E-state index contributed by atoms with van der Waals surface area (Å²) in [6.07, 6.45) is 8.26. The highest BCUT2D eigenvalue weighted by Crippen LogP contribution is 2.39. The lowest BCUT2D eigenvalue weighted by Gasteiger charge is -2.36. The summed E-state index contributed by atoms with van der Waals surface area (Å²) in [7, 11) is 0. The highest BCUT2D eigenvalue weighted by atomic mass is 16.3. The van der Waals surface area contributed by atoms with E-state index in [1.54, 1.807) is 12.4 Å². The van der Waals surface area contributed by atoms with E-state index in [1.807, 2.05) is 12.1 Å². The minimum absolute atomic E-state index is 0.535. The Hall–Kier alpha value is -1.67. The molecule has 2 aromatic rings. The van der Waals surface area contributed by atoms with Crippen LogP contribution >= 0.6 is 0 Å². The summed E-state index contributed by atoms with van der Waals surface area (Å²) in [6, 6.07) is 14.7. The quantitative estimate of drug-likeness (QED) is 0.919. The Balaban J connectivity index is 1.63. The minimum atomic E-state index is -0.535. The number of nitrogens with zero attached hydrogens (tertiary/aromatic N) is 1. The van der Waals surface area contributed by atoms with Crippen LogP contribution in [0.25, 0.3) is 0 Å². The van der Waals surface area contributed by atoms with Gasteiger partial charge >= 0.3 is 0 Å². The second-order valence-corrected chi connectivity index (χ2v) is 5.94. The Morgan fingerprint density at radius 2 is 1.65 bits per heavy atom. The molecule has 0 aliphatic heterocycles. The first-order valence-electron chi connectivity index (χ1n) is 7.41. The average molecular weight is 267 g/mol. The zero-order valence-corrected chi connectivity index (χ0v) is 11.7. The van der Waals surface area contributed by atoms with Gasteiger partial charge in [0.15, 0.2) is 0 Å². The van der Waals surface area contributed by atoms with Gasteiger partial charge in [0.25, 0.3) is 0 Å². The van der Waals surface area contributed by atoms with Crippen LogP contribution in [-0.4, -0.2) is 15.7 Å². The minimum Gasteiger partial charge on any atom is -0.390 e. The molecule has 1 aliphatic rings. The smallest absolute Gasteiger partial charge is 0.0688 e. The molecule has 2 nitrogen and oxygen atoms in total. The normalized spacial score (nSPS) is 26.4. The van der Waals surface area contributed by atoms with Crippen LogP contribution in [0.5, 0.6) is 0 Å². The molecule has 3 rings (SSSR count). The van der Waals surface area contributed by atoms with Gasteiger partial charge in [0.2, 0.25) is 0 Å². The first-order valence-corrected chi connectivity index (χ1v) is 7.41. The molecule has 1 fully saturated rings. The van der Waals surface area contributed by atoms with E-state index in [9.17, 15) is 5.11 Å². The van der Waals surface area contributed by atoms with Crippen LogP contribution in [0.4, 0.5) is 0 Å². The fourth-order valence-corrected chi connectivity index (χ4v) is 3.27. The number of rotatable bonds is 3. The molecule has 0 bridgehead atoms. The standard InChI is InChI=1S/C18H21NO/c20-18(14-15-8-12-19-13-9-15)10-6-17(7-11-18)16-4-2-1-3-5-16/h1-5,8-9,12-13,17,20H,6-7,10-11,14H2. The van der Waals surface area contributed by atoms with E-state index in [0.29, 0.717) is 5.92 Å². The number of benzene rings is 1. The van der Waals surface area contributed by atoms with Gasteiger partial charge in [0.1, 0.15) is 0 Å². The van der Waals surface area contributed by atoms with Crippen molar-refractivity contribution in [2.24, 2.45) is 0 Å². The lowest BCUT2D eigenvalue weighted by atomic mass is 9.74. The van der Waals surface area contributed by atoms with Gasteiger partial charge in [-0.3, -0.25) is 4.98 Å². The summed E-state index contributed by atoms with van der Waals surface area (Å²) in [5.74, 6) is 0.605. The van der Waals surface area contributed by atoms with Crippen LogP contribution in [0.15, 0.2) is 54.9 Å². The molecular formula is C18H21NO. The number of hydrogen-bond donors (Lipinski definition) is 1. The van der Waals surface area contributed by atoms with E-state index in [1.165, 1.54) is 11.1 Å². The van der Waals surface area contributed by atoms with E-state index >= 15 is 0 Å². The van der Waals surface area contributed by atoms with Crippen molar-refractivity contribution in [3.63, 3.8) is 0 Å². The Bertz CT molecular complexity index is 530. The number of aliphatic hydroxyl groups is 1. The summed E-state index contributed by atoms with van der Waals surface area (Å²) >= 11 is 0. The molecule has 0 unspecified atom stereocenters. The summed E-state index contributed by atoms with van der Waals surface area (Å²) in [4.78, 5) is 4.03. The topological polar surface area (TPSA) is 33.1 Å². The van der Waals surface area contributed by atoms with Gasteiger partial charge in [-0.2, -0.15) is 0 Å². The van der Waals surface area contributed by atoms with Crippen molar-refractivity contribution >= 4 is 0 Å². The maximum Gasteiger partial charge on any atom is 0.0688 e. The monoisotopic (exact) mass is 267 g/mol. The molecular weight excluding hydrogens is 246 g/mol. The van der Waals surface area contributed by atoms with E-state index in [0.717, 1.165) is 32.1 Å². The van der Waals surface area contributed by atoms with Gasteiger partial charge in [0.05, 0.1) is 5.60 Å². The van der Waals surface area contributed by atoms with Crippen molar-refractivity contribution in [1.82, 2.24) is 4.98 Å². The van der Waals surface area contributed by atoms with Crippen LogP contribution in [0.1, 0.15) is 42.7 Å². The van der Waals surface area contributed by atoms with Gasteiger partial charge in [-0.15, -0.1) is 0 Å². The zero-order valence-electron chi connectivity index (χ0n) is 11.7. The van der Waals surface area contributed by atoms with Crippen LogP contribution in [-0.2, 0) is 6.42 Å². The van der Waals surface area contributed by atoms with Crippen molar-refractivity contribution < 1.29 is 5.11 Å². The molecule has 1 heterocycles. The predicted molar refractivity (Wildman–Crippen MR) is 80.5 cm³/mol. The van der Waals surface area contributed by atoms with Crippen molar-refractivity contribution in [1.29, 1.82) is 0 Å². The Morgan fingerprint density at radius 3 is 2.30 bits per heavy atom.